The Hall–Kier alpha value is -0.710. The Labute approximate surface area is 101 Å². The molecule has 0 amide bonds. The van der Waals surface area contributed by atoms with Crippen molar-refractivity contribution < 1.29 is 13.5 Å². The van der Waals surface area contributed by atoms with Gasteiger partial charge in [-0.25, -0.2) is 13.8 Å². The first kappa shape index (κ1) is 11.8. The number of hydrogen-bond donors (Lipinski definition) is 0. The summed E-state index contributed by atoms with van der Waals surface area (Å²) < 4.78 is 32.1. The lowest BCUT2D eigenvalue weighted by molar-refractivity contribution is -0.000915. The van der Waals surface area contributed by atoms with Gasteiger partial charge in [-0.15, -0.1) is 0 Å². The van der Waals surface area contributed by atoms with Crippen molar-refractivity contribution in [2.45, 2.75) is 31.1 Å². The molecule has 1 aliphatic rings. The molecule has 0 spiro atoms. The van der Waals surface area contributed by atoms with Crippen LogP contribution in [0.4, 0.5) is 8.78 Å². The maximum absolute atomic E-state index is 13.2. The summed E-state index contributed by atoms with van der Waals surface area (Å²) >= 11 is 3.26. The minimum Gasteiger partial charge on any atom is -0.481 e. The standard InChI is InChI=1S/C11H12BrF2NO/c1-16-9-8(5-7(12)6-15-9)11(10(13)14)3-2-4-11/h5-6,10H,2-4H2,1H3. The van der Waals surface area contributed by atoms with E-state index < -0.39 is 11.8 Å². The fourth-order valence-corrected chi connectivity index (χ4v) is 2.44. The predicted octanol–water partition coefficient (Wildman–Crippen LogP) is 3.54. The van der Waals surface area contributed by atoms with Gasteiger partial charge in [0.05, 0.1) is 12.5 Å². The molecule has 0 atom stereocenters. The average molecular weight is 292 g/mol. The molecule has 5 heteroatoms. The zero-order valence-electron chi connectivity index (χ0n) is 8.84. The van der Waals surface area contributed by atoms with Gasteiger partial charge in [-0.3, -0.25) is 0 Å². The summed E-state index contributed by atoms with van der Waals surface area (Å²) in [5, 5.41) is 0. The van der Waals surface area contributed by atoms with Gasteiger partial charge in [-0.05, 0) is 34.8 Å². The summed E-state index contributed by atoms with van der Waals surface area (Å²) in [5.74, 6) is 0.309. The van der Waals surface area contributed by atoms with Gasteiger partial charge in [0, 0.05) is 16.2 Å². The third-order valence-corrected chi connectivity index (χ3v) is 3.64. The van der Waals surface area contributed by atoms with Gasteiger partial charge in [0.25, 0.3) is 0 Å². The molecule has 0 unspecified atom stereocenters. The van der Waals surface area contributed by atoms with Crippen LogP contribution < -0.4 is 4.74 Å². The Morgan fingerprint density at radius 2 is 2.19 bits per heavy atom. The lowest BCUT2D eigenvalue weighted by Gasteiger charge is -2.41. The lowest BCUT2D eigenvalue weighted by atomic mass is 9.65. The van der Waals surface area contributed by atoms with Crippen LogP contribution in [0, 0.1) is 0 Å². The Bertz CT molecular complexity index is 394. The normalized spacial score (nSPS) is 18.3. The molecule has 0 bridgehead atoms. The van der Waals surface area contributed by atoms with Crippen LogP contribution in [0.5, 0.6) is 5.88 Å². The van der Waals surface area contributed by atoms with Gasteiger partial charge < -0.3 is 4.74 Å². The highest BCUT2D eigenvalue weighted by molar-refractivity contribution is 9.10. The molecular weight excluding hydrogens is 280 g/mol. The largest absolute Gasteiger partial charge is 0.481 e. The summed E-state index contributed by atoms with van der Waals surface area (Å²) in [6.45, 7) is 0. The van der Waals surface area contributed by atoms with Gasteiger partial charge >= 0.3 is 0 Å². The minimum absolute atomic E-state index is 0.309. The first-order chi connectivity index (χ1) is 7.60. The van der Waals surface area contributed by atoms with E-state index in [2.05, 4.69) is 20.9 Å². The number of pyridine rings is 1. The van der Waals surface area contributed by atoms with Crippen LogP contribution in [-0.4, -0.2) is 18.5 Å². The Morgan fingerprint density at radius 1 is 1.50 bits per heavy atom. The van der Waals surface area contributed by atoms with Crippen LogP contribution in [-0.2, 0) is 5.41 Å². The van der Waals surface area contributed by atoms with Gasteiger partial charge in [0.15, 0.2) is 0 Å². The van der Waals surface area contributed by atoms with Crippen LogP contribution >= 0.6 is 15.9 Å². The van der Waals surface area contributed by atoms with E-state index >= 15 is 0 Å². The van der Waals surface area contributed by atoms with Gasteiger partial charge in [0.1, 0.15) is 0 Å². The number of ether oxygens (including phenoxy) is 1. The molecule has 1 heterocycles. The van der Waals surface area contributed by atoms with E-state index in [1.807, 2.05) is 0 Å². The fraction of sp³-hybridized carbons (Fsp3) is 0.545. The second-order valence-electron chi connectivity index (χ2n) is 4.02. The first-order valence-electron chi connectivity index (χ1n) is 5.08. The second-order valence-corrected chi connectivity index (χ2v) is 4.94. The van der Waals surface area contributed by atoms with Gasteiger partial charge in [-0.1, -0.05) is 6.42 Å². The highest BCUT2D eigenvalue weighted by Crippen LogP contribution is 2.50. The summed E-state index contributed by atoms with van der Waals surface area (Å²) in [4.78, 5) is 4.02. The molecule has 1 saturated carbocycles. The van der Waals surface area contributed by atoms with Crippen molar-refractivity contribution in [2.75, 3.05) is 7.11 Å². The number of halogens is 3. The summed E-state index contributed by atoms with van der Waals surface area (Å²) in [6.07, 6.45) is 1.02. The van der Waals surface area contributed by atoms with Crippen LogP contribution in [0.2, 0.25) is 0 Å². The molecule has 0 saturated heterocycles. The summed E-state index contributed by atoms with van der Waals surface area (Å²) in [5.41, 5.74) is -0.534. The highest BCUT2D eigenvalue weighted by atomic mass is 79.9. The topological polar surface area (TPSA) is 22.1 Å². The number of aromatic nitrogens is 1. The van der Waals surface area contributed by atoms with Crippen LogP contribution in [0.15, 0.2) is 16.7 Å². The maximum atomic E-state index is 13.2. The van der Waals surface area contributed by atoms with E-state index in [1.165, 1.54) is 7.11 Å². The maximum Gasteiger partial charge on any atom is 0.248 e. The molecule has 0 aliphatic heterocycles. The van der Waals surface area contributed by atoms with E-state index in [0.29, 0.717) is 28.8 Å². The van der Waals surface area contributed by atoms with Gasteiger partial charge in [-0.2, -0.15) is 0 Å². The highest BCUT2D eigenvalue weighted by Gasteiger charge is 2.49. The zero-order valence-corrected chi connectivity index (χ0v) is 10.4. The minimum atomic E-state index is -2.37. The third kappa shape index (κ3) is 1.71. The van der Waals surface area contributed by atoms with Crippen molar-refractivity contribution in [1.82, 2.24) is 4.98 Å². The van der Waals surface area contributed by atoms with Crippen molar-refractivity contribution in [1.29, 1.82) is 0 Å². The van der Waals surface area contributed by atoms with E-state index in [9.17, 15) is 8.78 Å². The van der Waals surface area contributed by atoms with E-state index in [0.717, 1.165) is 6.42 Å². The molecule has 16 heavy (non-hydrogen) atoms. The summed E-state index contributed by atoms with van der Waals surface area (Å²) in [7, 11) is 1.46. The van der Waals surface area contributed by atoms with Crippen molar-refractivity contribution in [3.05, 3.63) is 22.3 Å². The SMILES string of the molecule is COc1ncc(Br)cc1C1(C(F)F)CCC1. The van der Waals surface area contributed by atoms with E-state index in [1.54, 1.807) is 12.3 Å². The van der Waals surface area contributed by atoms with Crippen molar-refractivity contribution in [3.63, 3.8) is 0 Å². The number of alkyl halides is 2. The molecule has 1 aromatic rings. The number of methoxy groups -OCH3 is 1. The molecule has 0 aromatic carbocycles. The van der Waals surface area contributed by atoms with E-state index in [4.69, 9.17) is 4.74 Å². The Kier molecular flexibility index (Phi) is 3.15. The fourth-order valence-electron chi connectivity index (χ4n) is 2.11. The average Bonchev–Trinajstić information content (AvgIpc) is 2.15. The van der Waals surface area contributed by atoms with Crippen LogP contribution in [0.1, 0.15) is 24.8 Å². The van der Waals surface area contributed by atoms with Crippen LogP contribution in [0.3, 0.4) is 0 Å². The lowest BCUT2D eigenvalue weighted by Crippen LogP contribution is -2.41. The Balaban J connectivity index is 2.48. The molecular formula is C11H12BrF2NO. The molecule has 1 fully saturated rings. The van der Waals surface area contributed by atoms with Crippen molar-refractivity contribution in [2.24, 2.45) is 0 Å². The second kappa shape index (κ2) is 4.28. The predicted molar refractivity (Wildman–Crippen MR) is 60.0 cm³/mol. The molecule has 1 aromatic heterocycles. The monoisotopic (exact) mass is 291 g/mol. The van der Waals surface area contributed by atoms with Gasteiger partial charge in [0.2, 0.25) is 12.3 Å². The molecule has 0 radical (unpaired) electrons. The molecule has 2 nitrogen and oxygen atoms in total. The number of hydrogen-bond acceptors (Lipinski definition) is 2. The summed E-state index contributed by atoms with van der Waals surface area (Å²) in [6, 6.07) is 1.69. The van der Waals surface area contributed by atoms with Crippen molar-refractivity contribution >= 4 is 15.9 Å². The smallest absolute Gasteiger partial charge is 0.248 e. The molecule has 1 aliphatic carbocycles. The third-order valence-electron chi connectivity index (χ3n) is 3.21. The Morgan fingerprint density at radius 3 is 2.62 bits per heavy atom. The first-order valence-corrected chi connectivity index (χ1v) is 5.87. The quantitative estimate of drug-likeness (QED) is 0.850. The molecule has 2 rings (SSSR count). The van der Waals surface area contributed by atoms with Crippen LogP contribution in [0.25, 0.3) is 0 Å². The molecule has 0 N–H and O–H groups in total. The number of nitrogens with zero attached hydrogens (tertiary/aromatic N) is 1. The molecule has 88 valence electrons. The number of rotatable bonds is 3. The van der Waals surface area contributed by atoms with Crippen molar-refractivity contribution in [3.8, 4) is 5.88 Å². The van der Waals surface area contributed by atoms with E-state index in [-0.39, 0.29) is 0 Å². The zero-order chi connectivity index (χ0) is 11.8.